The molecule has 0 aliphatic heterocycles. The van der Waals surface area contributed by atoms with Crippen LogP contribution in [0.4, 0.5) is 5.82 Å². The summed E-state index contributed by atoms with van der Waals surface area (Å²) < 4.78 is 11.3. The van der Waals surface area contributed by atoms with Crippen LogP contribution in [0.5, 0.6) is 5.88 Å². The number of hydrogen-bond donors (Lipinski definition) is 1. The molecule has 2 atom stereocenters. The lowest BCUT2D eigenvalue weighted by Gasteiger charge is -2.38. The Hall–Kier alpha value is -1.36. The summed E-state index contributed by atoms with van der Waals surface area (Å²) in [5.41, 5.74) is 0.330. The minimum Gasteiger partial charge on any atom is -0.474 e. The van der Waals surface area contributed by atoms with Gasteiger partial charge in [-0.15, -0.1) is 0 Å². The molecular weight excluding hydrogens is 266 g/mol. The smallest absolute Gasteiger partial charge is 0.219 e. The van der Waals surface area contributed by atoms with Crippen LogP contribution < -0.4 is 10.1 Å². The molecule has 1 aliphatic carbocycles. The van der Waals surface area contributed by atoms with Gasteiger partial charge in [-0.2, -0.15) is 4.98 Å². The van der Waals surface area contributed by atoms with Crippen molar-refractivity contribution in [1.82, 2.24) is 9.97 Å². The summed E-state index contributed by atoms with van der Waals surface area (Å²) in [6, 6.07) is 1.85. The molecule has 0 bridgehead atoms. The molecule has 21 heavy (non-hydrogen) atoms. The van der Waals surface area contributed by atoms with Gasteiger partial charge in [0.15, 0.2) is 5.82 Å². The highest BCUT2D eigenvalue weighted by Gasteiger charge is 2.33. The van der Waals surface area contributed by atoms with Gasteiger partial charge in [0.1, 0.15) is 18.5 Å². The SMILES string of the molecule is CNc1cc(OC2CC(C)CC(C)(C)C2)nc(COC)n1. The maximum absolute atomic E-state index is 6.14. The predicted octanol–water partition coefficient (Wildman–Crippen LogP) is 3.26. The Balaban J connectivity index is 2.12. The molecule has 118 valence electrons. The molecule has 2 unspecified atom stereocenters. The fourth-order valence-electron chi connectivity index (χ4n) is 3.37. The van der Waals surface area contributed by atoms with Crippen molar-refractivity contribution < 1.29 is 9.47 Å². The number of rotatable bonds is 5. The van der Waals surface area contributed by atoms with Gasteiger partial charge >= 0.3 is 0 Å². The zero-order valence-corrected chi connectivity index (χ0v) is 13.8. The molecule has 1 aliphatic rings. The Morgan fingerprint density at radius 2 is 2.10 bits per heavy atom. The van der Waals surface area contributed by atoms with Crippen molar-refractivity contribution in [2.45, 2.75) is 52.7 Å². The van der Waals surface area contributed by atoms with Gasteiger partial charge in [-0.25, -0.2) is 4.98 Å². The zero-order chi connectivity index (χ0) is 15.5. The lowest BCUT2D eigenvalue weighted by Crippen LogP contribution is -2.34. The van der Waals surface area contributed by atoms with Crippen molar-refractivity contribution >= 4 is 5.82 Å². The summed E-state index contributed by atoms with van der Waals surface area (Å²) in [6.07, 6.45) is 3.63. The van der Waals surface area contributed by atoms with Crippen molar-refractivity contribution in [3.8, 4) is 5.88 Å². The van der Waals surface area contributed by atoms with E-state index in [4.69, 9.17) is 9.47 Å². The highest BCUT2D eigenvalue weighted by Crippen LogP contribution is 2.39. The van der Waals surface area contributed by atoms with E-state index in [2.05, 4.69) is 36.1 Å². The fourth-order valence-corrected chi connectivity index (χ4v) is 3.37. The molecule has 2 rings (SSSR count). The first-order valence-corrected chi connectivity index (χ1v) is 7.63. The Kier molecular flexibility index (Phi) is 5.04. The second kappa shape index (κ2) is 6.60. The van der Waals surface area contributed by atoms with Gasteiger partial charge in [-0.3, -0.25) is 0 Å². The lowest BCUT2D eigenvalue weighted by atomic mass is 9.71. The molecule has 1 saturated carbocycles. The van der Waals surface area contributed by atoms with E-state index in [1.165, 1.54) is 6.42 Å². The first kappa shape index (κ1) is 16.0. The van der Waals surface area contributed by atoms with E-state index >= 15 is 0 Å². The van der Waals surface area contributed by atoms with Gasteiger partial charge < -0.3 is 14.8 Å². The van der Waals surface area contributed by atoms with Crippen LogP contribution in [0.1, 0.15) is 45.9 Å². The first-order valence-electron chi connectivity index (χ1n) is 7.63. The largest absolute Gasteiger partial charge is 0.474 e. The first-order chi connectivity index (χ1) is 9.91. The van der Waals surface area contributed by atoms with Crippen LogP contribution in [0, 0.1) is 11.3 Å². The summed E-state index contributed by atoms with van der Waals surface area (Å²) in [6.45, 7) is 7.31. The van der Waals surface area contributed by atoms with Gasteiger partial charge in [0.25, 0.3) is 0 Å². The summed E-state index contributed by atoms with van der Waals surface area (Å²) in [7, 11) is 3.48. The van der Waals surface area contributed by atoms with Crippen molar-refractivity contribution in [3.05, 3.63) is 11.9 Å². The Bertz CT molecular complexity index is 477. The number of hydrogen-bond acceptors (Lipinski definition) is 5. The number of nitrogens with one attached hydrogen (secondary N) is 1. The molecule has 1 aromatic rings. The molecule has 5 nitrogen and oxygen atoms in total. The molecule has 1 N–H and O–H groups in total. The van der Waals surface area contributed by atoms with Crippen LogP contribution in [-0.4, -0.2) is 30.2 Å². The summed E-state index contributed by atoms with van der Waals surface area (Å²) in [4.78, 5) is 8.79. The van der Waals surface area contributed by atoms with Gasteiger partial charge in [0, 0.05) is 20.2 Å². The number of nitrogens with zero attached hydrogens (tertiary/aromatic N) is 2. The van der Waals surface area contributed by atoms with Crippen molar-refractivity contribution in [2.24, 2.45) is 11.3 Å². The van der Waals surface area contributed by atoms with E-state index in [-0.39, 0.29) is 6.10 Å². The van der Waals surface area contributed by atoms with Gasteiger partial charge in [-0.05, 0) is 30.6 Å². The average Bonchev–Trinajstić information content (AvgIpc) is 2.36. The molecule has 1 aromatic heterocycles. The van der Waals surface area contributed by atoms with Crippen molar-refractivity contribution in [1.29, 1.82) is 0 Å². The minimum atomic E-state index is 0.221. The quantitative estimate of drug-likeness (QED) is 0.903. The molecule has 1 heterocycles. The Labute approximate surface area is 127 Å². The van der Waals surface area contributed by atoms with Gasteiger partial charge in [0.05, 0.1) is 0 Å². The molecule has 0 saturated heterocycles. The van der Waals surface area contributed by atoms with Crippen LogP contribution in [-0.2, 0) is 11.3 Å². The average molecular weight is 293 g/mol. The second-order valence-electron chi connectivity index (χ2n) is 6.84. The molecule has 0 aromatic carbocycles. The summed E-state index contributed by atoms with van der Waals surface area (Å²) >= 11 is 0. The Morgan fingerprint density at radius 1 is 1.33 bits per heavy atom. The monoisotopic (exact) mass is 293 g/mol. The second-order valence-corrected chi connectivity index (χ2v) is 6.84. The van der Waals surface area contributed by atoms with E-state index in [1.54, 1.807) is 7.11 Å². The lowest BCUT2D eigenvalue weighted by molar-refractivity contribution is 0.0527. The van der Waals surface area contributed by atoms with Crippen LogP contribution in [0.15, 0.2) is 6.07 Å². The van der Waals surface area contributed by atoms with E-state index in [9.17, 15) is 0 Å². The van der Waals surface area contributed by atoms with Crippen molar-refractivity contribution in [3.63, 3.8) is 0 Å². The number of ether oxygens (including phenoxy) is 2. The Morgan fingerprint density at radius 3 is 2.71 bits per heavy atom. The van der Waals surface area contributed by atoms with Gasteiger partial charge in [-0.1, -0.05) is 20.8 Å². The normalized spacial score (nSPS) is 24.6. The topological polar surface area (TPSA) is 56.3 Å². The summed E-state index contributed by atoms with van der Waals surface area (Å²) in [5.74, 6) is 2.72. The van der Waals surface area contributed by atoms with E-state index < -0.39 is 0 Å². The maximum atomic E-state index is 6.14. The third-order valence-electron chi connectivity index (χ3n) is 3.91. The predicted molar refractivity (Wildman–Crippen MR) is 83.5 cm³/mol. The van der Waals surface area contributed by atoms with E-state index in [0.717, 1.165) is 18.7 Å². The molecule has 0 radical (unpaired) electrons. The van der Waals surface area contributed by atoms with Crippen molar-refractivity contribution in [2.75, 3.05) is 19.5 Å². The summed E-state index contributed by atoms with van der Waals surface area (Å²) in [5, 5.41) is 3.04. The molecule has 1 fully saturated rings. The van der Waals surface area contributed by atoms with Crippen LogP contribution in [0.25, 0.3) is 0 Å². The molecular formula is C16H27N3O2. The number of methoxy groups -OCH3 is 1. The number of aromatic nitrogens is 2. The highest BCUT2D eigenvalue weighted by atomic mass is 16.5. The molecule has 0 amide bonds. The third kappa shape index (κ3) is 4.56. The molecule has 0 spiro atoms. The highest BCUT2D eigenvalue weighted by molar-refractivity contribution is 5.37. The van der Waals surface area contributed by atoms with E-state index in [0.29, 0.717) is 29.6 Å². The fraction of sp³-hybridized carbons (Fsp3) is 0.750. The van der Waals surface area contributed by atoms with Crippen LogP contribution in [0.2, 0.25) is 0 Å². The van der Waals surface area contributed by atoms with Crippen LogP contribution >= 0.6 is 0 Å². The number of anilines is 1. The standard InChI is InChI=1S/C16H27N3O2/c1-11-6-12(9-16(2,3)8-11)21-15-7-13(17-4)18-14(19-15)10-20-5/h7,11-12H,6,8-10H2,1-5H3,(H,17,18,19). The molecule has 5 heteroatoms. The van der Waals surface area contributed by atoms with Crippen LogP contribution in [0.3, 0.4) is 0 Å². The third-order valence-corrected chi connectivity index (χ3v) is 3.91. The van der Waals surface area contributed by atoms with Gasteiger partial charge in [0.2, 0.25) is 5.88 Å². The van der Waals surface area contributed by atoms with E-state index in [1.807, 2.05) is 13.1 Å². The maximum Gasteiger partial charge on any atom is 0.219 e. The zero-order valence-electron chi connectivity index (χ0n) is 13.8. The minimum absolute atomic E-state index is 0.221.